The quantitative estimate of drug-likeness (QED) is 0.748. The van der Waals surface area contributed by atoms with Gasteiger partial charge in [0.15, 0.2) is 0 Å². The van der Waals surface area contributed by atoms with E-state index in [4.69, 9.17) is 11.6 Å². The van der Waals surface area contributed by atoms with E-state index in [1.165, 1.54) is 16.7 Å². The maximum atomic E-state index is 11.8. The summed E-state index contributed by atoms with van der Waals surface area (Å²) >= 11 is 8.06. The van der Waals surface area contributed by atoms with Crippen LogP contribution in [0.15, 0.2) is 36.4 Å². The molecule has 3 rings (SSSR count). The number of benzene rings is 1. The zero-order chi connectivity index (χ0) is 19.2. The second-order valence-corrected chi connectivity index (χ2v) is 8.10. The molecular formula is C19H23ClN4O2S. The fourth-order valence-corrected chi connectivity index (χ4v) is 4.38. The number of hydrogen-bond donors (Lipinski definition) is 2. The molecule has 2 heterocycles. The number of hydrazine groups is 1. The fourth-order valence-electron chi connectivity index (χ4n) is 2.99. The van der Waals surface area contributed by atoms with Gasteiger partial charge in [-0.05, 0) is 18.2 Å². The van der Waals surface area contributed by atoms with Gasteiger partial charge in [0.25, 0.3) is 5.91 Å². The predicted molar refractivity (Wildman–Crippen MR) is 108 cm³/mol. The van der Waals surface area contributed by atoms with Gasteiger partial charge in [0, 0.05) is 60.0 Å². The lowest BCUT2D eigenvalue weighted by molar-refractivity contribution is -0.128. The van der Waals surface area contributed by atoms with Crippen LogP contribution in [0, 0.1) is 0 Å². The maximum Gasteiger partial charge on any atom is 0.252 e. The second kappa shape index (κ2) is 9.32. The summed E-state index contributed by atoms with van der Waals surface area (Å²) in [5, 5.41) is 0.775. The summed E-state index contributed by atoms with van der Waals surface area (Å²) in [4.78, 5) is 29.6. The van der Waals surface area contributed by atoms with Crippen molar-refractivity contribution in [2.45, 2.75) is 13.5 Å². The largest absolute Gasteiger partial charge is 0.296 e. The van der Waals surface area contributed by atoms with Crippen molar-refractivity contribution >= 4 is 34.8 Å². The van der Waals surface area contributed by atoms with Crippen LogP contribution in [-0.4, -0.2) is 54.3 Å². The average molecular weight is 407 g/mol. The first kappa shape index (κ1) is 19.8. The van der Waals surface area contributed by atoms with Crippen LogP contribution in [0.25, 0.3) is 10.4 Å². The number of nitrogens with one attached hydrogen (secondary N) is 2. The Labute approximate surface area is 168 Å². The summed E-state index contributed by atoms with van der Waals surface area (Å²) in [6.45, 7) is 6.04. The van der Waals surface area contributed by atoms with Crippen molar-refractivity contribution in [1.29, 1.82) is 0 Å². The molecule has 2 aromatic rings. The maximum absolute atomic E-state index is 11.8. The molecule has 1 saturated heterocycles. The minimum atomic E-state index is -0.278. The molecule has 1 aliphatic heterocycles. The first-order valence-corrected chi connectivity index (χ1v) is 10.0. The van der Waals surface area contributed by atoms with E-state index >= 15 is 0 Å². The average Bonchev–Trinajstić information content (AvgIpc) is 3.10. The highest BCUT2D eigenvalue weighted by Crippen LogP contribution is 2.33. The fraction of sp³-hybridized carbons (Fsp3) is 0.368. The SMILES string of the molecule is CC(=O)NNC(=O)CN1CCN(Cc2ccc(-c3ccccc3Cl)s2)CC1. The minimum absolute atomic E-state index is 0.193. The van der Waals surface area contributed by atoms with Crippen LogP contribution in [-0.2, 0) is 16.1 Å². The van der Waals surface area contributed by atoms with Crippen molar-refractivity contribution in [1.82, 2.24) is 20.7 Å². The molecule has 0 unspecified atom stereocenters. The molecule has 27 heavy (non-hydrogen) atoms. The Morgan fingerprint density at radius 3 is 2.44 bits per heavy atom. The molecule has 1 aromatic heterocycles. The Hall–Kier alpha value is -1.93. The van der Waals surface area contributed by atoms with Crippen LogP contribution >= 0.6 is 22.9 Å². The third-order valence-electron chi connectivity index (χ3n) is 4.39. The number of thiophene rings is 1. The number of carbonyl (C=O) groups excluding carboxylic acids is 2. The molecule has 2 amide bonds. The summed E-state index contributed by atoms with van der Waals surface area (Å²) in [7, 11) is 0. The number of halogens is 1. The minimum Gasteiger partial charge on any atom is -0.296 e. The Bertz CT molecular complexity index is 803. The summed E-state index contributed by atoms with van der Waals surface area (Å²) in [5.41, 5.74) is 5.79. The van der Waals surface area contributed by atoms with Gasteiger partial charge in [0.05, 0.1) is 6.54 Å². The van der Waals surface area contributed by atoms with Crippen molar-refractivity contribution in [2.75, 3.05) is 32.7 Å². The number of hydrogen-bond acceptors (Lipinski definition) is 5. The van der Waals surface area contributed by atoms with Crippen molar-refractivity contribution in [3.63, 3.8) is 0 Å². The Morgan fingerprint density at radius 1 is 1.04 bits per heavy atom. The topological polar surface area (TPSA) is 64.7 Å². The monoisotopic (exact) mass is 406 g/mol. The molecular weight excluding hydrogens is 384 g/mol. The number of piperazine rings is 1. The van der Waals surface area contributed by atoms with Crippen LogP contribution in [0.4, 0.5) is 0 Å². The van der Waals surface area contributed by atoms with Gasteiger partial charge >= 0.3 is 0 Å². The highest BCUT2D eigenvalue weighted by Gasteiger charge is 2.19. The zero-order valence-electron chi connectivity index (χ0n) is 15.2. The molecule has 8 heteroatoms. The van der Waals surface area contributed by atoms with Gasteiger partial charge in [-0.25, -0.2) is 0 Å². The number of carbonyl (C=O) groups is 2. The van der Waals surface area contributed by atoms with Gasteiger partial charge in [-0.1, -0.05) is 29.8 Å². The van der Waals surface area contributed by atoms with Crippen molar-refractivity contribution in [3.05, 3.63) is 46.3 Å². The van der Waals surface area contributed by atoms with E-state index < -0.39 is 0 Å². The first-order valence-electron chi connectivity index (χ1n) is 8.85. The van der Waals surface area contributed by atoms with E-state index in [1.807, 2.05) is 24.3 Å². The van der Waals surface area contributed by atoms with Crippen LogP contribution in [0.5, 0.6) is 0 Å². The molecule has 1 aliphatic rings. The smallest absolute Gasteiger partial charge is 0.252 e. The van der Waals surface area contributed by atoms with E-state index in [1.54, 1.807) is 11.3 Å². The predicted octanol–water partition coefficient (Wildman–Crippen LogP) is 2.35. The summed E-state index contributed by atoms with van der Waals surface area (Å²) in [6, 6.07) is 12.2. The third kappa shape index (κ3) is 5.77. The van der Waals surface area contributed by atoms with Gasteiger partial charge < -0.3 is 0 Å². The number of rotatable bonds is 5. The van der Waals surface area contributed by atoms with Crippen LogP contribution in [0.3, 0.4) is 0 Å². The van der Waals surface area contributed by atoms with E-state index in [2.05, 4.69) is 32.8 Å². The molecule has 1 aromatic carbocycles. The lowest BCUT2D eigenvalue weighted by atomic mass is 10.2. The van der Waals surface area contributed by atoms with E-state index in [-0.39, 0.29) is 11.8 Å². The molecule has 144 valence electrons. The first-order chi connectivity index (χ1) is 13.0. The Morgan fingerprint density at radius 2 is 1.74 bits per heavy atom. The van der Waals surface area contributed by atoms with Gasteiger partial charge in [0.2, 0.25) is 5.91 Å². The van der Waals surface area contributed by atoms with Crippen LogP contribution in [0.2, 0.25) is 5.02 Å². The van der Waals surface area contributed by atoms with Gasteiger partial charge in [0.1, 0.15) is 0 Å². The van der Waals surface area contributed by atoms with Gasteiger partial charge in [-0.2, -0.15) is 0 Å². The standard InChI is InChI=1S/C19H23ClN4O2S/c1-14(25)21-22-19(26)13-24-10-8-23(9-11-24)12-15-6-7-18(27-15)16-4-2-3-5-17(16)20/h2-7H,8-13H2,1H3,(H,21,25)(H,22,26). The zero-order valence-corrected chi connectivity index (χ0v) is 16.8. The van der Waals surface area contributed by atoms with Gasteiger partial charge in [-0.3, -0.25) is 30.2 Å². The van der Waals surface area contributed by atoms with Crippen LogP contribution < -0.4 is 10.9 Å². The lowest BCUT2D eigenvalue weighted by Crippen LogP contribution is -2.51. The molecule has 0 atom stereocenters. The Balaban J connectivity index is 1.47. The summed E-state index contributed by atoms with van der Waals surface area (Å²) in [6.07, 6.45) is 0. The molecule has 1 fully saturated rings. The van der Waals surface area contributed by atoms with Gasteiger partial charge in [-0.15, -0.1) is 11.3 Å². The molecule has 6 nitrogen and oxygen atoms in total. The molecule has 0 bridgehead atoms. The molecule has 0 saturated carbocycles. The number of amides is 2. The summed E-state index contributed by atoms with van der Waals surface area (Å²) < 4.78 is 0. The lowest BCUT2D eigenvalue weighted by Gasteiger charge is -2.33. The highest BCUT2D eigenvalue weighted by molar-refractivity contribution is 7.15. The van der Waals surface area contributed by atoms with Crippen molar-refractivity contribution in [3.8, 4) is 10.4 Å². The third-order valence-corrected chi connectivity index (χ3v) is 5.82. The summed E-state index contributed by atoms with van der Waals surface area (Å²) in [5.74, 6) is -0.471. The van der Waals surface area contributed by atoms with Crippen molar-refractivity contribution < 1.29 is 9.59 Å². The van der Waals surface area contributed by atoms with E-state index in [9.17, 15) is 9.59 Å². The van der Waals surface area contributed by atoms with E-state index in [0.717, 1.165) is 43.3 Å². The molecule has 0 aliphatic carbocycles. The second-order valence-electron chi connectivity index (χ2n) is 6.53. The van der Waals surface area contributed by atoms with Crippen LogP contribution in [0.1, 0.15) is 11.8 Å². The molecule has 2 N–H and O–H groups in total. The highest BCUT2D eigenvalue weighted by atomic mass is 35.5. The van der Waals surface area contributed by atoms with E-state index in [0.29, 0.717) is 6.54 Å². The molecule has 0 spiro atoms. The number of nitrogens with zero attached hydrogens (tertiary/aromatic N) is 2. The normalized spacial score (nSPS) is 15.5. The molecule has 0 radical (unpaired) electrons. The Kier molecular flexibility index (Phi) is 6.84. The van der Waals surface area contributed by atoms with Crippen molar-refractivity contribution in [2.24, 2.45) is 0 Å².